The van der Waals surface area contributed by atoms with Gasteiger partial charge in [0.1, 0.15) is 17.1 Å². The number of halogens is 2. The van der Waals surface area contributed by atoms with Crippen LogP contribution in [0, 0.1) is 11.6 Å². The Balaban J connectivity index is 1.42. The fourth-order valence-electron chi connectivity index (χ4n) is 4.66. The van der Waals surface area contributed by atoms with E-state index < -0.39 is 17.2 Å². The quantitative estimate of drug-likeness (QED) is 0.658. The Labute approximate surface area is 177 Å². The fourth-order valence-corrected chi connectivity index (χ4v) is 4.66. The van der Waals surface area contributed by atoms with Gasteiger partial charge in [-0.3, -0.25) is 0 Å². The van der Waals surface area contributed by atoms with Crippen molar-refractivity contribution < 1.29 is 18.3 Å². The Morgan fingerprint density at radius 3 is 2.94 bits per heavy atom. The summed E-state index contributed by atoms with van der Waals surface area (Å²) in [4.78, 5) is 29.1. The van der Waals surface area contributed by atoms with E-state index in [0.29, 0.717) is 23.0 Å². The topological polar surface area (TPSA) is 96.0 Å². The second-order valence-corrected chi connectivity index (χ2v) is 8.30. The lowest BCUT2D eigenvalue weighted by atomic mass is 9.77. The summed E-state index contributed by atoms with van der Waals surface area (Å²) in [5, 5.41) is 3.69. The minimum atomic E-state index is -0.589. The van der Waals surface area contributed by atoms with Gasteiger partial charge in [0.25, 0.3) is 0 Å². The van der Waals surface area contributed by atoms with E-state index in [1.807, 2.05) is 6.92 Å². The molecule has 2 aliphatic rings. The van der Waals surface area contributed by atoms with Crippen LogP contribution in [0.2, 0.25) is 0 Å². The van der Waals surface area contributed by atoms with Gasteiger partial charge >= 0.3 is 6.09 Å². The van der Waals surface area contributed by atoms with Crippen LogP contribution in [0.4, 0.5) is 19.4 Å². The van der Waals surface area contributed by atoms with E-state index in [1.165, 1.54) is 6.07 Å². The number of amides is 1. The van der Waals surface area contributed by atoms with E-state index in [4.69, 9.17) is 4.74 Å². The summed E-state index contributed by atoms with van der Waals surface area (Å²) in [5.74, 6) is -0.739. The monoisotopic (exact) mass is 428 g/mol. The van der Waals surface area contributed by atoms with Crippen molar-refractivity contribution in [2.45, 2.75) is 50.3 Å². The van der Waals surface area contributed by atoms with Gasteiger partial charge < -0.3 is 19.9 Å². The van der Waals surface area contributed by atoms with Gasteiger partial charge in [0, 0.05) is 36.7 Å². The summed E-state index contributed by atoms with van der Waals surface area (Å²) in [6.45, 7) is 1.97. The number of pyridine rings is 1. The Morgan fingerprint density at radius 1 is 1.32 bits per heavy atom. The molecule has 3 atom stereocenters. The van der Waals surface area contributed by atoms with E-state index in [2.05, 4.69) is 25.3 Å². The number of H-pyrrole nitrogens is 1. The predicted molar refractivity (Wildman–Crippen MR) is 109 cm³/mol. The summed E-state index contributed by atoms with van der Waals surface area (Å²) in [6, 6.07) is 1.16. The van der Waals surface area contributed by atoms with Gasteiger partial charge in [0.05, 0.1) is 18.4 Å². The molecule has 2 N–H and O–H groups in total. The van der Waals surface area contributed by atoms with E-state index >= 15 is 0 Å². The van der Waals surface area contributed by atoms with Crippen LogP contribution in [0.15, 0.2) is 24.7 Å². The van der Waals surface area contributed by atoms with Crippen LogP contribution in [0.3, 0.4) is 0 Å². The maximum absolute atomic E-state index is 14.6. The first-order chi connectivity index (χ1) is 14.9. The number of carbonyl (C=O) groups is 1. The largest absolute Gasteiger partial charge is 0.441 e. The summed E-state index contributed by atoms with van der Waals surface area (Å²) in [6.07, 6.45) is 6.49. The number of hydrogen-bond acceptors (Lipinski definition) is 6. The van der Waals surface area contributed by atoms with Crippen LogP contribution >= 0.6 is 0 Å². The van der Waals surface area contributed by atoms with Crippen LogP contribution in [0.1, 0.15) is 32.6 Å². The molecule has 0 radical (unpaired) electrons. The lowest BCUT2D eigenvalue weighted by Crippen LogP contribution is -2.48. The zero-order valence-corrected chi connectivity index (χ0v) is 17.2. The molecule has 1 saturated carbocycles. The maximum Gasteiger partial charge on any atom is 0.410 e. The highest BCUT2D eigenvalue weighted by molar-refractivity contribution is 5.91. The molecule has 3 aromatic rings. The summed E-state index contributed by atoms with van der Waals surface area (Å²) in [5.41, 5.74) is 0.438. The maximum atomic E-state index is 14.6. The van der Waals surface area contributed by atoms with Crippen LogP contribution in [0.25, 0.3) is 22.4 Å². The molecule has 2 fully saturated rings. The summed E-state index contributed by atoms with van der Waals surface area (Å²) < 4.78 is 33.9. The molecule has 1 aliphatic carbocycles. The fraction of sp³-hybridized carbons (Fsp3) is 0.429. The first kappa shape index (κ1) is 19.7. The molecule has 8 nitrogen and oxygen atoms in total. The van der Waals surface area contributed by atoms with E-state index in [0.717, 1.165) is 31.7 Å². The normalized spacial score (nSPS) is 25.9. The molecule has 3 aromatic heterocycles. The Bertz CT molecular complexity index is 1170. The van der Waals surface area contributed by atoms with Crippen molar-refractivity contribution >= 4 is 22.9 Å². The predicted octanol–water partition coefficient (Wildman–Crippen LogP) is 3.86. The number of anilines is 1. The molecule has 1 aliphatic heterocycles. The third-order valence-corrected chi connectivity index (χ3v) is 6.49. The van der Waals surface area contributed by atoms with Crippen LogP contribution < -0.4 is 5.32 Å². The molecule has 0 bridgehead atoms. The molecule has 0 aromatic carbocycles. The molecule has 162 valence electrons. The van der Waals surface area contributed by atoms with E-state index in [1.54, 1.807) is 18.1 Å². The van der Waals surface area contributed by atoms with Gasteiger partial charge in [-0.1, -0.05) is 0 Å². The highest BCUT2D eigenvalue weighted by atomic mass is 19.1. The number of nitrogens with one attached hydrogen (secondary N) is 2. The highest BCUT2D eigenvalue weighted by Gasteiger charge is 2.52. The van der Waals surface area contributed by atoms with Crippen molar-refractivity contribution in [3.63, 3.8) is 0 Å². The van der Waals surface area contributed by atoms with Gasteiger partial charge in [-0.05, 0) is 32.3 Å². The number of carbonyl (C=O) groups excluding carboxylic acids is 1. The number of nitrogens with zero attached hydrogens (tertiary/aromatic N) is 4. The van der Waals surface area contributed by atoms with Crippen molar-refractivity contribution in [3.8, 4) is 11.4 Å². The van der Waals surface area contributed by atoms with Crippen LogP contribution in [-0.2, 0) is 4.74 Å². The minimum absolute atomic E-state index is 0.0657. The van der Waals surface area contributed by atoms with Crippen molar-refractivity contribution in [2.75, 3.05) is 12.4 Å². The van der Waals surface area contributed by atoms with Crippen molar-refractivity contribution in [1.29, 1.82) is 0 Å². The molecule has 1 saturated heterocycles. The first-order valence-corrected chi connectivity index (χ1v) is 10.2. The number of likely N-dealkylation sites (N-methyl/N-ethyl adjacent to an activating group) is 1. The minimum Gasteiger partial charge on any atom is -0.441 e. The standard InChI is InChI=1S/C21H22F2N6O2/c1-11-21(31-20(30)29(11)2)5-3-4-13(7-21)27-19-16(23)10-26-18(28-19)15-9-25-17-14(15)6-12(22)8-24-17/h6,8-11,13H,3-5,7H2,1-2H3,(H,24,25)(H,26,27,28)/t11-,13+,21+/m1/s1. The molecule has 4 heterocycles. The van der Waals surface area contributed by atoms with Gasteiger partial charge in [-0.25, -0.2) is 28.5 Å². The molecule has 5 rings (SSSR count). The zero-order chi connectivity index (χ0) is 21.8. The van der Waals surface area contributed by atoms with Gasteiger partial charge in [0.15, 0.2) is 17.5 Å². The molecule has 1 amide bonds. The zero-order valence-electron chi connectivity index (χ0n) is 17.2. The average molecular weight is 428 g/mol. The third kappa shape index (κ3) is 3.26. The summed E-state index contributed by atoms with van der Waals surface area (Å²) in [7, 11) is 1.73. The molecule has 0 unspecified atom stereocenters. The number of fused-ring (bicyclic) bond motifs is 1. The van der Waals surface area contributed by atoms with E-state index in [9.17, 15) is 13.6 Å². The number of aromatic nitrogens is 4. The van der Waals surface area contributed by atoms with Crippen molar-refractivity contribution in [1.82, 2.24) is 24.8 Å². The lowest BCUT2D eigenvalue weighted by Gasteiger charge is -2.39. The smallest absolute Gasteiger partial charge is 0.410 e. The third-order valence-electron chi connectivity index (χ3n) is 6.49. The van der Waals surface area contributed by atoms with E-state index in [-0.39, 0.29) is 29.8 Å². The second kappa shape index (κ2) is 7.14. The van der Waals surface area contributed by atoms with Crippen molar-refractivity contribution in [2.24, 2.45) is 0 Å². The van der Waals surface area contributed by atoms with Crippen LogP contribution in [-0.4, -0.2) is 55.7 Å². The van der Waals surface area contributed by atoms with Gasteiger partial charge in [0.2, 0.25) is 0 Å². The molecular weight excluding hydrogens is 406 g/mol. The first-order valence-electron chi connectivity index (χ1n) is 10.2. The lowest BCUT2D eigenvalue weighted by molar-refractivity contribution is 0.00260. The Kier molecular flexibility index (Phi) is 4.53. The number of aromatic amines is 1. The summed E-state index contributed by atoms with van der Waals surface area (Å²) >= 11 is 0. The molecule has 31 heavy (non-hydrogen) atoms. The number of hydrogen-bond donors (Lipinski definition) is 2. The molecular formula is C21H22F2N6O2. The average Bonchev–Trinajstić information content (AvgIpc) is 3.25. The van der Waals surface area contributed by atoms with Crippen molar-refractivity contribution in [3.05, 3.63) is 36.3 Å². The van der Waals surface area contributed by atoms with Gasteiger partial charge in [-0.15, -0.1) is 0 Å². The van der Waals surface area contributed by atoms with Crippen LogP contribution in [0.5, 0.6) is 0 Å². The Morgan fingerprint density at radius 2 is 2.16 bits per heavy atom. The highest BCUT2D eigenvalue weighted by Crippen LogP contribution is 2.42. The second-order valence-electron chi connectivity index (χ2n) is 8.30. The molecule has 1 spiro atoms. The Hall–Kier alpha value is -3.30. The number of rotatable bonds is 3. The number of ether oxygens (including phenoxy) is 1. The molecule has 10 heteroatoms. The SMILES string of the molecule is C[C@H]1N(C)C(=O)O[C@]12CCC[C@H](Nc1nc(-c3c[nH]c4ncc(F)cc34)ncc1F)C2. The van der Waals surface area contributed by atoms with Gasteiger partial charge in [-0.2, -0.15) is 0 Å².